The van der Waals surface area contributed by atoms with Gasteiger partial charge in [0, 0.05) is 41.7 Å². The van der Waals surface area contributed by atoms with Gasteiger partial charge in [0.05, 0.1) is 12.5 Å². The number of aromatic nitrogens is 1. The van der Waals surface area contributed by atoms with Crippen LogP contribution in [-0.4, -0.2) is 37.6 Å². The van der Waals surface area contributed by atoms with Crippen LogP contribution >= 0.6 is 11.3 Å². The van der Waals surface area contributed by atoms with Crippen molar-refractivity contribution < 1.29 is 39.5 Å². The zero-order chi connectivity index (χ0) is 27.2. The summed E-state index contributed by atoms with van der Waals surface area (Å²) >= 11 is 1.01. The molecule has 2 aliphatic rings. The van der Waals surface area contributed by atoms with Gasteiger partial charge in [-0.05, 0) is 43.1 Å². The summed E-state index contributed by atoms with van der Waals surface area (Å²) in [4.78, 5) is 4.87. The van der Waals surface area contributed by atoms with Gasteiger partial charge in [-0.15, -0.1) is 11.3 Å². The number of ether oxygens (including phenoxy) is 1. The fraction of sp³-hybridized carbons (Fsp3) is 0.375. The van der Waals surface area contributed by atoms with E-state index in [1.54, 1.807) is 10.3 Å². The number of likely N-dealkylation sites (tertiary alicyclic amines) is 1. The van der Waals surface area contributed by atoms with E-state index in [1.165, 1.54) is 12.3 Å². The number of nitrogens with one attached hydrogen (secondary N) is 1. The Labute approximate surface area is 218 Å². The fourth-order valence-electron chi connectivity index (χ4n) is 5.07. The Bertz CT molecular complexity index is 1430. The maximum Gasteiger partial charge on any atom is 0.391 e. The van der Waals surface area contributed by atoms with Gasteiger partial charge in [0.1, 0.15) is 16.5 Å². The smallest absolute Gasteiger partial charge is 0.391 e. The Morgan fingerprint density at radius 1 is 1.03 bits per heavy atom. The molecule has 1 unspecified atom stereocenters. The third kappa shape index (κ3) is 5.21. The van der Waals surface area contributed by atoms with Gasteiger partial charge in [-0.2, -0.15) is 13.2 Å². The highest BCUT2D eigenvalue weighted by Crippen LogP contribution is 2.48. The summed E-state index contributed by atoms with van der Waals surface area (Å²) in [6.45, 7) is 0.0393. The molecule has 1 fully saturated rings. The number of piperidine rings is 1. The van der Waals surface area contributed by atoms with Crippen molar-refractivity contribution >= 4 is 26.5 Å². The number of benzene rings is 2. The molecule has 0 saturated carbocycles. The lowest BCUT2D eigenvalue weighted by atomic mass is 9.84. The molecule has 6 nitrogen and oxygen atoms in total. The van der Waals surface area contributed by atoms with Crippen molar-refractivity contribution in [3.05, 3.63) is 70.5 Å². The minimum Gasteiger partial charge on any atom is -0.493 e. The summed E-state index contributed by atoms with van der Waals surface area (Å²) in [5.74, 6) is -4.96. The van der Waals surface area contributed by atoms with Gasteiger partial charge in [0.2, 0.25) is 0 Å². The lowest BCUT2D eigenvalue weighted by molar-refractivity contribution is -0.192. The number of hydrogen-bond acceptors (Lipinski definition) is 6. The number of alkyl halides is 3. The highest BCUT2D eigenvalue weighted by molar-refractivity contribution is 7.93. The van der Waals surface area contributed by atoms with Crippen LogP contribution in [0, 0.1) is 23.4 Å². The minimum atomic E-state index is -4.48. The fourth-order valence-corrected chi connectivity index (χ4v) is 6.93. The number of sulfonamides is 1. The van der Waals surface area contributed by atoms with Crippen molar-refractivity contribution in [2.24, 2.45) is 5.92 Å². The van der Waals surface area contributed by atoms with Crippen LogP contribution in [0.25, 0.3) is 0 Å². The average molecular weight is 578 g/mol. The quantitative estimate of drug-likeness (QED) is 0.366. The van der Waals surface area contributed by atoms with Crippen molar-refractivity contribution in [3.8, 4) is 5.75 Å². The normalized spacial score (nSPS) is 22.5. The van der Waals surface area contributed by atoms with Crippen LogP contribution in [0.15, 0.2) is 46.8 Å². The number of halogens is 6. The van der Waals surface area contributed by atoms with E-state index in [0.717, 1.165) is 35.6 Å². The van der Waals surface area contributed by atoms with Gasteiger partial charge in [-0.1, -0.05) is 6.07 Å². The van der Waals surface area contributed by atoms with Crippen LogP contribution in [-0.2, 0) is 10.0 Å². The maximum atomic E-state index is 15.2. The summed E-state index contributed by atoms with van der Waals surface area (Å²) in [6.07, 6.45) is -3.45. The van der Waals surface area contributed by atoms with Crippen LogP contribution in [0.2, 0.25) is 0 Å². The van der Waals surface area contributed by atoms with Gasteiger partial charge in [-0.25, -0.2) is 26.6 Å². The molecule has 38 heavy (non-hydrogen) atoms. The SMILES string of the molecule is O=S(=O)(Nc1nccs1)c1cc2c(cc1F)C(N1CC[C@@H](C(F)(F)F)C[C@H]1c1ccc(F)c(F)c1)CCO2. The summed E-state index contributed by atoms with van der Waals surface area (Å²) in [5.41, 5.74) is 0.429. The van der Waals surface area contributed by atoms with E-state index in [4.69, 9.17) is 4.74 Å². The number of thiazole rings is 1. The van der Waals surface area contributed by atoms with Crippen LogP contribution in [0.4, 0.5) is 31.5 Å². The zero-order valence-corrected chi connectivity index (χ0v) is 21.1. The van der Waals surface area contributed by atoms with Gasteiger partial charge >= 0.3 is 6.18 Å². The van der Waals surface area contributed by atoms with Crippen LogP contribution in [0.1, 0.15) is 42.5 Å². The molecule has 204 valence electrons. The first kappa shape index (κ1) is 26.8. The highest BCUT2D eigenvalue weighted by atomic mass is 32.2. The lowest BCUT2D eigenvalue weighted by Gasteiger charge is -2.46. The van der Waals surface area contributed by atoms with Crippen LogP contribution in [0.3, 0.4) is 0 Å². The Morgan fingerprint density at radius 3 is 2.50 bits per heavy atom. The second-order valence-corrected chi connectivity index (χ2v) is 11.7. The molecular formula is C24H21F6N3O3S2. The number of fused-ring (bicyclic) bond motifs is 1. The summed E-state index contributed by atoms with van der Waals surface area (Å²) in [6, 6.07) is 3.45. The predicted octanol–water partition coefficient (Wildman–Crippen LogP) is 6.20. The third-order valence-electron chi connectivity index (χ3n) is 6.85. The van der Waals surface area contributed by atoms with Gasteiger partial charge in [-0.3, -0.25) is 9.62 Å². The second kappa shape index (κ2) is 10.0. The van der Waals surface area contributed by atoms with Crippen molar-refractivity contribution in [1.82, 2.24) is 9.88 Å². The molecule has 2 aromatic carbocycles. The van der Waals surface area contributed by atoms with Crippen molar-refractivity contribution in [2.75, 3.05) is 17.9 Å². The van der Waals surface area contributed by atoms with E-state index in [9.17, 15) is 30.4 Å². The Kier molecular flexibility index (Phi) is 7.07. The Balaban J connectivity index is 1.51. The molecule has 3 aromatic rings. The molecule has 0 aliphatic carbocycles. The summed E-state index contributed by atoms with van der Waals surface area (Å²) in [7, 11) is -4.35. The number of anilines is 1. The molecule has 1 saturated heterocycles. The first-order valence-electron chi connectivity index (χ1n) is 11.6. The standard InChI is InChI=1S/C24H21F6N3O3S2/c25-16-2-1-13(9-17(16)26)20-10-14(24(28,29)30)3-6-33(20)19-4-7-36-21-12-22(18(27)11-15(19)21)38(34,35)32-23-31-5-8-37-23/h1-2,5,8-9,11-12,14,19-20H,3-4,6-7,10H2,(H,31,32)/t14-,19?,20+/m1/s1. The van der Waals surface area contributed by atoms with E-state index >= 15 is 4.39 Å². The molecule has 3 heterocycles. The first-order chi connectivity index (χ1) is 17.9. The van der Waals surface area contributed by atoms with Crippen molar-refractivity contribution in [1.29, 1.82) is 0 Å². The highest BCUT2D eigenvalue weighted by Gasteiger charge is 2.47. The topological polar surface area (TPSA) is 71.5 Å². The number of nitrogens with zero attached hydrogens (tertiary/aromatic N) is 2. The Morgan fingerprint density at radius 2 is 1.82 bits per heavy atom. The maximum absolute atomic E-state index is 15.2. The van der Waals surface area contributed by atoms with Crippen LogP contribution < -0.4 is 9.46 Å². The zero-order valence-electron chi connectivity index (χ0n) is 19.5. The number of rotatable bonds is 5. The molecule has 0 bridgehead atoms. The molecule has 14 heteroatoms. The molecule has 1 aromatic heterocycles. The van der Waals surface area contributed by atoms with E-state index in [2.05, 4.69) is 9.71 Å². The largest absolute Gasteiger partial charge is 0.493 e. The average Bonchev–Trinajstić information content (AvgIpc) is 3.36. The molecule has 3 atom stereocenters. The molecule has 0 radical (unpaired) electrons. The molecular weight excluding hydrogens is 556 g/mol. The van der Waals surface area contributed by atoms with E-state index in [0.29, 0.717) is 0 Å². The monoisotopic (exact) mass is 577 g/mol. The molecule has 2 aliphatic heterocycles. The van der Waals surface area contributed by atoms with Crippen LogP contribution in [0.5, 0.6) is 5.75 Å². The summed E-state index contributed by atoms with van der Waals surface area (Å²) < 4.78 is 117. The predicted molar refractivity (Wildman–Crippen MR) is 127 cm³/mol. The van der Waals surface area contributed by atoms with Gasteiger partial charge in [0.25, 0.3) is 10.0 Å². The van der Waals surface area contributed by atoms with E-state index in [-0.39, 0.29) is 48.0 Å². The van der Waals surface area contributed by atoms with E-state index < -0.39 is 63.0 Å². The molecule has 0 spiro atoms. The van der Waals surface area contributed by atoms with Gasteiger partial charge in [0.15, 0.2) is 16.8 Å². The van der Waals surface area contributed by atoms with E-state index in [1.807, 2.05) is 0 Å². The number of hydrogen-bond donors (Lipinski definition) is 1. The summed E-state index contributed by atoms with van der Waals surface area (Å²) in [5, 5.41) is 1.59. The van der Waals surface area contributed by atoms with Gasteiger partial charge < -0.3 is 4.74 Å². The molecule has 1 N–H and O–H groups in total. The molecule has 0 amide bonds. The third-order valence-corrected chi connectivity index (χ3v) is 9.02. The minimum absolute atomic E-state index is 0.0443. The second-order valence-electron chi connectivity index (χ2n) is 9.11. The molecule has 5 rings (SSSR count). The van der Waals surface area contributed by atoms with Crippen molar-refractivity contribution in [2.45, 2.75) is 42.4 Å². The van der Waals surface area contributed by atoms with Crippen molar-refractivity contribution in [3.63, 3.8) is 0 Å². The first-order valence-corrected chi connectivity index (χ1v) is 14.0. The lowest BCUT2D eigenvalue weighted by Crippen LogP contribution is -2.44. The Hall–Kier alpha value is -2.84.